The van der Waals surface area contributed by atoms with E-state index >= 15 is 0 Å². The second-order valence-corrected chi connectivity index (χ2v) is 12.0. The lowest BCUT2D eigenvalue weighted by atomic mass is 9.89. The molecule has 228 valence electrons. The van der Waals surface area contributed by atoms with E-state index in [4.69, 9.17) is 9.47 Å². The van der Waals surface area contributed by atoms with Gasteiger partial charge in [-0.05, 0) is 53.4 Å². The standard InChI is InChI=1S/C30H35FO10S/c1-13-2-3-15(29-27(38)25(36)23(34)20(11-32)40-29)8-16(13)9-17-5-7-22(42-17)14-4-6-19(31)18(10-14)30-28(39)26(37)24(35)21(12-33)41-30/h2-8,10,20-21,23-30,32-39H,9,11-12H2,1H3/t20-,21-,23-,24-,25+,26+,27-,28-,29+,30+/m1/s1. The number of hydrogen-bond donors (Lipinski definition) is 8. The highest BCUT2D eigenvalue weighted by Crippen LogP contribution is 2.38. The van der Waals surface area contributed by atoms with Crippen LogP contribution < -0.4 is 0 Å². The first-order chi connectivity index (χ1) is 20.0. The molecule has 0 saturated carbocycles. The molecule has 3 aromatic rings. The Kier molecular flexibility index (Phi) is 9.42. The molecule has 0 spiro atoms. The van der Waals surface area contributed by atoms with E-state index in [1.807, 2.05) is 31.2 Å². The van der Waals surface area contributed by atoms with E-state index in [0.717, 1.165) is 20.9 Å². The monoisotopic (exact) mass is 606 g/mol. The van der Waals surface area contributed by atoms with Gasteiger partial charge in [0.2, 0.25) is 0 Å². The molecule has 12 heteroatoms. The molecule has 0 radical (unpaired) electrons. The highest BCUT2D eigenvalue weighted by atomic mass is 32.1. The summed E-state index contributed by atoms with van der Waals surface area (Å²) in [5.74, 6) is -0.666. The Morgan fingerprint density at radius 2 is 1.33 bits per heavy atom. The fourth-order valence-corrected chi connectivity index (χ4v) is 6.55. The van der Waals surface area contributed by atoms with E-state index in [2.05, 4.69) is 0 Å². The van der Waals surface area contributed by atoms with Gasteiger partial charge in [0.05, 0.1) is 13.2 Å². The maximum atomic E-state index is 14.9. The molecule has 10 nitrogen and oxygen atoms in total. The normalized spacial score (nSPS) is 33.6. The first-order valence-electron chi connectivity index (χ1n) is 13.6. The van der Waals surface area contributed by atoms with E-state index in [0.29, 0.717) is 17.5 Å². The van der Waals surface area contributed by atoms with Gasteiger partial charge in [0, 0.05) is 21.7 Å². The van der Waals surface area contributed by atoms with E-state index in [1.165, 1.54) is 23.5 Å². The predicted octanol–water partition coefficient (Wildman–Crippen LogP) is 0.483. The van der Waals surface area contributed by atoms with Crippen molar-refractivity contribution in [1.29, 1.82) is 0 Å². The average molecular weight is 607 g/mol. The summed E-state index contributed by atoms with van der Waals surface area (Å²) in [4.78, 5) is 1.77. The van der Waals surface area contributed by atoms with Crippen molar-refractivity contribution in [3.8, 4) is 10.4 Å². The van der Waals surface area contributed by atoms with Gasteiger partial charge >= 0.3 is 0 Å². The van der Waals surface area contributed by atoms with Gasteiger partial charge in [-0.2, -0.15) is 0 Å². The number of ether oxygens (including phenoxy) is 2. The van der Waals surface area contributed by atoms with Crippen LogP contribution in [0.5, 0.6) is 0 Å². The lowest BCUT2D eigenvalue weighted by molar-refractivity contribution is -0.232. The molecule has 0 unspecified atom stereocenters. The van der Waals surface area contributed by atoms with Gasteiger partial charge in [0.1, 0.15) is 66.9 Å². The van der Waals surface area contributed by atoms with Crippen molar-refractivity contribution < 1.29 is 54.7 Å². The van der Waals surface area contributed by atoms with Crippen molar-refractivity contribution in [3.05, 3.63) is 81.5 Å². The first kappa shape index (κ1) is 31.1. The van der Waals surface area contributed by atoms with Crippen molar-refractivity contribution in [1.82, 2.24) is 0 Å². The molecule has 0 bridgehead atoms. The van der Waals surface area contributed by atoms with Gasteiger partial charge in [-0.1, -0.05) is 24.3 Å². The summed E-state index contributed by atoms with van der Waals surface area (Å²) in [7, 11) is 0. The smallest absolute Gasteiger partial charge is 0.129 e. The SMILES string of the molecule is Cc1ccc([C@@H]2O[C@H](CO)[C@@H](O)[C@H](O)[C@H]2O)cc1Cc1ccc(-c2ccc(F)c([C@@H]3O[C@H](CO)[C@@H](O)[C@H](O)[C@H]3O)c2)s1. The average Bonchev–Trinajstić information content (AvgIpc) is 3.45. The molecule has 0 aliphatic carbocycles. The second kappa shape index (κ2) is 12.7. The summed E-state index contributed by atoms with van der Waals surface area (Å²) in [6.45, 7) is 0.807. The zero-order chi connectivity index (χ0) is 30.3. The zero-order valence-corrected chi connectivity index (χ0v) is 23.5. The lowest BCUT2D eigenvalue weighted by Crippen LogP contribution is -2.55. The molecule has 2 fully saturated rings. The number of hydrogen-bond acceptors (Lipinski definition) is 11. The molecule has 2 saturated heterocycles. The maximum absolute atomic E-state index is 14.9. The van der Waals surface area contributed by atoms with Gasteiger partial charge in [-0.3, -0.25) is 0 Å². The lowest BCUT2D eigenvalue weighted by Gasteiger charge is -2.40. The van der Waals surface area contributed by atoms with Crippen molar-refractivity contribution >= 4 is 11.3 Å². The molecule has 1 aromatic heterocycles. The van der Waals surface area contributed by atoms with Gasteiger partial charge < -0.3 is 50.3 Å². The van der Waals surface area contributed by atoms with Crippen LogP contribution >= 0.6 is 11.3 Å². The molecule has 42 heavy (non-hydrogen) atoms. The molecule has 10 atom stereocenters. The number of halogens is 1. The Bertz CT molecular complexity index is 1380. The topological polar surface area (TPSA) is 180 Å². The number of rotatable bonds is 7. The van der Waals surface area contributed by atoms with Gasteiger partial charge in [0.25, 0.3) is 0 Å². The Hall–Kier alpha value is -2.33. The van der Waals surface area contributed by atoms with E-state index in [9.17, 15) is 45.2 Å². The van der Waals surface area contributed by atoms with Gasteiger partial charge in [0.15, 0.2) is 0 Å². The number of thiophene rings is 1. The summed E-state index contributed by atoms with van der Waals surface area (Å²) in [5.41, 5.74) is 3.13. The Morgan fingerprint density at radius 3 is 1.98 bits per heavy atom. The van der Waals surface area contributed by atoms with Gasteiger partial charge in [-0.25, -0.2) is 4.39 Å². The molecular formula is C30H35FO10S. The van der Waals surface area contributed by atoms with Crippen molar-refractivity contribution in [3.63, 3.8) is 0 Å². The van der Waals surface area contributed by atoms with Crippen LogP contribution in [0.1, 0.15) is 39.3 Å². The summed E-state index contributed by atoms with van der Waals surface area (Å²) >= 11 is 1.46. The minimum absolute atomic E-state index is 0.0116. The van der Waals surface area contributed by atoms with Crippen LogP contribution in [0.2, 0.25) is 0 Å². The maximum Gasteiger partial charge on any atom is 0.129 e. The van der Waals surface area contributed by atoms with Crippen LogP contribution in [0.4, 0.5) is 4.39 Å². The van der Waals surface area contributed by atoms with Crippen molar-refractivity contribution in [2.75, 3.05) is 13.2 Å². The highest BCUT2D eigenvalue weighted by Gasteiger charge is 2.45. The summed E-state index contributed by atoms with van der Waals surface area (Å²) in [5, 5.41) is 80.7. The molecule has 2 aliphatic heterocycles. The third-order valence-electron chi connectivity index (χ3n) is 8.10. The largest absolute Gasteiger partial charge is 0.394 e. The van der Waals surface area contributed by atoms with Crippen LogP contribution in [0, 0.1) is 12.7 Å². The van der Waals surface area contributed by atoms with Crippen molar-refractivity contribution in [2.45, 2.75) is 74.4 Å². The number of aliphatic hydroxyl groups excluding tert-OH is 8. The molecular weight excluding hydrogens is 571 g/mol. The molecule has 8 N–H and O–H groups in total. The third-order valence-corrected chi connectivity index (χ3v) is 9.23. The number of benzene rings is 2. The van der Waals surface area contributed by atoms with Crippen LogP contribution in [0.25, 0.3) is 10.4 Å². The Labute approximate surface area is 245 Å². The quantitative estimate of drug-likeness (QED) is 0.189. The van der Waals surface area contributed by atoms with E-state index in [1.54, 1.807) is 12.1 Å². The summed E-state index contributed by atoms with van der Waals surface area (Å²) in [6, 6.07) is 13.6. The molecule has 3 heterocycles. The second-order valence-electron chi connectivity index (χ2n) is 10.9. The molecule has 2 aliphatic rings. The fourth-order valence-electron chi connectivity index (χ4n) is 5.53. The Balaban J connectivity index is 1.37. The molecule has 5 rings (SSSR count). The number of aliphatic hydroxyl groups is 8. The minimum Gasteiger partial charge on any atom is -0.394 e. The van der Waals surface area contributed by atoms with Crippen LogP contribution in [0.3, 0.4) is 0 Å². The van der Waals surface area contributed by atoms with Crippen molar-refractivity contribution in [2.24, 2.45) is 0 Å². The molecule has 2 aromatic carbocycles. The molecule has 0 amide bonds. The van der Waals surface area contributed by atoms with Crippen LogP contribution in [-0.2, 0) is 15.9 Å². The zero-order valence-electron chi connectivity index (χ0n) is 22.7. The fraction of sp³-hybridized carbons (Fsp3) is 0.467. The predicted molar refractivity (Wildman–Crippen MR) is 149 cm³/mol. The summed E-state index contributed by atoms with van der Waals surface area (Å²) in [6.07, 6.45) is -13.0. The highest BCUT2D eigenvalue weighted by molar-refractivity contribution is 7.15. The van der Waals surface area contributed by atoms with Crippen LogP contribution in [0.15, 0.2) is 48.5 Å². The van der Waals surface area contributed by atoms with Crippen LogP contribution in [-0.4, -0.2) is 103 Å². The minimum atomic E-state index is -1.63. The summed E-state index contributed by atoms with van der Waals surface area (Å²) < 4.78 is 26.2. The Morgan fingerprint density at radius 1 is 0.714 bits per heavy atom. The van der Waals surface area contributed by atoms with E-state index < -0.39 is 80.1 Å². The van der Waals surface area contributed by atoms with Gasteiger partial charge in [-0.15, -0.1) is 11.3 Å². The number of aryl methyl sites for hydroxylation is 1. The third kappa shape index (κ3) is 5.90. The first-order valence-corrected chi connectivity index (χ1v) is 14.4. The van der Waals surface area contributed by atoms with E-state index in [-0.39, 0.29) is 5.56 Å².